The number of ether oxygens (including phenoxy) is 1. The molecule has 1 aliphatic heterocycles. The molecule has 1 aliphatic carbocycles. The largest absolute Gasteiger partial charge is 0.484 e. The van der Waals surface area contributed by atoms with Gasteiger partial charge in [0, 0.05) is 13.0 Å². The summed E-state index contributed by atoms with van der Waals surface area (Å²) in [7, 11) is 0. The fourth-order valence-corrected chi connectivity index (χ4v) is 4.00. The van der Waals surface area contributed by atoms with Gasteiger partial charge in [0.05, 0.1) is 0 Å². The van der Waals surface area contributed by atoms with E-state index >= 15 is 0 Å². The molecule has 2 fully saturated rings. The zero-order valence-electron chi connectivity index (χ0n) is 17.4. The minimum absolute atomic E-state index is 0.0717. The van der Waals surface area contributed by atoms with Gasteiger partial charge in [-0.25, -0.2) is 4.79 Å². The van der Waals surface area contributed by atoms with Crippen LogP contribution in [0.3, 0.4) is 0 Å². The van der Waals surface area contributed by atoms with Crippen LogP contribution >= 0.6 is 0 Å². The van der Waals surface area contributed by atoms with E-state index in [-0.39, 0.29) is 31.5 Å². The first-order chi connectivity index (χ1) is 14.3. The van der Waals surface area contributed by atoms with Crippen LogP contribution in [-0.4, -0.2) is 47.3 Å². The number of hydrazine groups is 1. The Kier molecular flexibility index (Phi) is 6.59. The van der Waals surface area contributed by atoms with Gasteiger partial charge in [0.1, 0.15) is 11.3 Å². The second-order valence-corrected chi connectivity index (χ2v) is 7.99. The van der Waals surface area contributed by atoms with Crippen LogP contribution in [0.5, 0.6) is 5.75 Å². The van der Waals surface area contributed by atoms with E-state index in [1.54, 1.807) is 0 Å². The molecule has 1 aromatic carbocycles. The minimum Gasteiger partial charge on any atom is -0.484 e. The maximum atomic E-state index is 12.5. The van der Waals surface area contributed by atoms with Crippen molar-refractivity contribution >= 4 is 23.8 Å². The summed E-state index contributed by atoms with van der Waals surface area (Å²) in [6.07, 6.45) is 3.58. The highest BCUT2D eigenvalue weighted by Crippen LogP contribution is 2.35. The highest BCUT2D eigenvalue weighted by Gasteiger charge is 2.51. The number of hydrogen-bond donors (Lipinski definition) is 3. The van der Waals surface area contributed by atoms with E-state index in [0.29, 0.717) is 25.0 Å². The van der Waals surface area contributed by atoms with Crippen LogP contribution in [0.1, 0.15) is 49.7 Å². The van der Waals surface area contributed by atoms with Crippen molar-refractivity contribution in [1.29, 1.82) is 0 Å². The number of imide groups is 1. The Labute approximate surface area is 175 Å². The number of carbonyl (C=O) groups is 4. The fourth-order valence-electron chi connectivity index (χ4n) is 4.00. The molecule has 9 nitrogen and oxygen atoms in total. The third-order valence-electron chi connectivity index (χ3n) is 5.40. The predicted molar refractivity (Wildman–Crippen MR) is 108 cm³/mol. The summed E-state index contributed by atoms with van der Waals surface area (Å²) in [5, 5.41) is 2.81. The van der Waals surface area contributed by atoms with Gasteiger partial charge in [0.25, 0.3) is 11.8 Å². The van der Waals surface area contributed by atoms with Gasteiger partial charge in [-0.2, -0.15) is 0 Å². The molecule has 1 saturated carbocycles. The maximum absolute atomic E-state index is 12.5. The van der Waals surface area contributed by atoms with E-state index in [2.05, 4.69) is 16.2 Å². The standard InChI is InChI=1S/C21H28N4O5/c1-14-10-15(2)12-16(11-14)30-13-18(27)24-23-17(26)6-5-9-25-19(28)21(22-20(25)29)7-3-4-8-21/h10-12H,3-9,13H2,1-2H3,(H,22,29)(H,23,26)(H,24,27). The number of nitrogens with zero attached hydrogens (tertiary/aromatic N) is 1. The van der Waals surface area contributed by atoms with Gasteiger partial charge in [0.15, 0.2) is 6.61 Å². The Hall–Kier alpha value is -3.10. The van der Waals surface area contributed by atoms with Crippen LogP contribution in [0.2, 0.25) is 0 Å². The second kappa shape index (κ2) is 9.15. The summed E-state index contributed by atoms with van der Waals surface area (Å²) in [6, 6.07) is 5.26. The Balaban J connectivity index is 1.34. The number of urea groups is 1. The van der Waals surface area contributed by atoms with Gasteiger partial charge >= 0.3 is 6.03 Å². The van der Waals surface area contributed by atoms with E-state index in [1.165, 1.54) is 4.90 Å². The van der Waals surface area contributed by atoms with Gasteiger partial charge in [-0.05, 0) is 56.4 Å². The van der Waals surface area contributed by atoms with Crippen molar-refractivity contribution in [2.75, 3.05) is 13.2 Å². The molecule has 2 aliphatic rings. The molecule has 1 aromatic rings. The lowest BCUT2D eigenvalue weighted by Gasteiger charge is -2.19. The normalized spacial score (nSPS) is 17.2. The van der Waals surface area contributed by atoms with Crippen molar-refractivity contribution in [2.24, 2.45) is 0 Å². The first-order valence-corrected chi connectivity index (χ1v) is 10.2. The Morgan fingerprint density at radius 3 is 2.37 bits per heavy atom. The van der Waals surface area contributed by atoms with Crippen LogP contribution in [-0.2, 0) is 14.4 Å². The first-order valence-electron chi connectivity index (χ1n) is 10.2. The average molecular weight is 416 g/mol. The van der Waals surface area contributed by atoms with E-state index < -0.39 is 17.4 Å². The molecule has 5 amide bonds. The van der Waals surface area contributed by atoms with Crippen molar-refractivity contribution in [3.05, 3.63) is 29.3 Å². The predicted octanol–water partition coefficient (Wildman–Crippen LogP) is 1.47. The molecule has 1 saturated heterocycles. The van der Waals surface area contributed by atoms with Crippen molar-refractivity contribution in [3.8, 4) is 5.75 Å². The highest BCUT2D eigenvalue weighted by molar-refractivity contribution is 6.07. The summed E-state index contributed by atoms with van der Waals surface area (Å²) in [4.78, 5) is 49.6. The van der Waals surface area contributed by atoms with E-state index in [1.807, 2.05) is 32.0 Å². The van der Waals surface area contributed by atoms with Crippen LogP contribution in [0, 0.1) is 13.8 Å². The van der Waals surface area contributed by atoms with Crippen LogP contribution in [0.25, 0.3) is 0 Å². The van der Waals surface area contributed by atoms with Crippen LogP contribution in [0.15, 0.2) is 18.2 Å². The van der Waals surface area contributed by atoms with Gasteiger partial charge in [-0.3, -0.25) is 30.1 Å². The minimum atomic E-state index is -0.733. The molecule has 0 radical (unpaired) electrons. The van der Waals surface area contributed by atoms with E-state index in [0.717, 1.165) is 24.0 Å². The summed E-state index contributed by atoms with van der Waals surface area (Å²) in [5.74, 6) is -0.498. The molecule has 1 heterocycles. The lowest BCUT2D eigenvalue weighted by atomic mass is 9.98. The molecule has 3 rings (SSSR count). The Morgan fingerprint density at radius 1 is 1.07 bits per heavy atom. The number of rotatable bonds is 7. The fraction of sp³-hybridized carbons (Fsp3) is 0.524. The summed E-state index contributed by atoms with van der Waals surface area (Å²) in [5.41, 5.74) is 5.94. The van der Waals surface area contributed by atoms with Gasteiger partial charge in [-0.15, -0.1) is 0 Å². The van der Waals surface area contributed by atoms with E-state index in [9.17, 15) is 19.2 Å². The quantitative estimate of drug-likeness (QED) is 0.460. The number of amides is 5. The monoisotopic (exact) mass is 416 g/mol. The van der Waals surface area contributed by atoms with Crippen molar-refractivity contribution in [3.63, 3.8) is 0 Å². The Bertz CT molecular complexity index is 828. The lowest BCUT2D eigenvalue weighted by Crippen LogP contribution is -2.44. The number of nitrogens with one attached hydrogen (secondary N) is 3. The molecule has 9 heteroatoms. The number of aryl methyl sites for hydroxylation is 2. The smallest absolute Gasteiger partial charge is 0.325 e. The third-order valence-corrected chi connectivity index (χ3v) is 5.40. The number of hydrogen-bond acceptors (Lipinski definition) is 5. The van der Waals surface area contributed by atoms with Crippen molar-refractivity contribution in [2.45, 2.75) is 57.9 Å². The summed E-state index contributed by atoms with van der Waals surface area (Å²) < 4.78 is 5.43. The molecule has 162 valence electrons. The molecular formula is C21H28N4O5. The molecule has 0 unspecified atom stereocenters. The molecule has 0 atom stereocenters. The molecule has 3 N–H and O–H groups in total. The van der Waals surface area contributed by atoms with E-state index in [4.69, 9.17) is 4.74 Å². The first kappa shape index (κ1) is 21.6. The van der Waals surface area contributed by atoms with Gasteiger partial charge < -0.3 is 10.1 Å². The third kappa shape index (κ3) is 5.08. The topological polar surface area (TPSA) is 117 Å². The van der Waals surface area contributed by atoms with Crippen molar-refractivity contribution in [1.82, 2.24) is 21.1 Å². The molecular weight excluding hydrogens is 388 g/mol. The van der Waals surface area contributed by atoms with Crippen LogP contribution in [0.4, 0.5) is 4.79 Å². The molecule has 30 heavy (non-hydrogen) atoms. The summed E-state index contributed by atoms with van der Waals surface area (Å²) in [6.45, 7) is 3.82. The molecule has 0 aromatic heterocycles. The molecule has 0 bridgehead atoms. The zero-order valence-corrected chi connectivity index (χ0v) is 17.4. The SMILES string of the molecule is Cc1cc(C)cc(OCC(=O)NNC(=O)CCCN2C(=O)NC3(CCCC3)C2=O)c1. The second-order valence-electron chi connectivity index (χ2n) is 7.99. The van der Waals surface area contributed by atoms with Crippen LogP contribution < -0.4 is 20.9 Å². The highest BCUT2D eigenvalue weighted by atomic mass is 16.5. The van der Waals surface area contributed by atoms with Gasteiger partial charge in [-0.1, -0.05) is 18.9 Å². The maximum Gasteiger partial charge on any atom is 0.325 e. The van der Waals surface area contributed by atoms with Gasteiger partial charge in [0.2, 0.25) is 5.91 Å². The average Bonchev–Trinajstić information content (AvgIpc) is 3.24. The summed E-state index contributed by atoms with van der Waals surface area (Å²) >= 11 is 0. The van der Waals surface area contributed by atoms with Crippen molar-refractivity contribution < 1.29 is 23.9 Å². The number of benzene rings is 1. The lowest BCUT2D eigenvalue weighted by molar-refractivity contribution is -0.131. The number of carbonyl (C=O) groups excluding carboxylic acids is 4. The Morgan fingerprint density at radius 2 is 1.70 bits per heavy atom. The zero-order chi connectivity index (χ0) is 21.7. The molecule has 1 spiro atoms.